The predicted octanol–water partition coefficient (Wildman–Crippen LogP) is 4.08. The Balaban J connectivity index is 1.73. The number of aliphatic carboxylic acids is 1. The molecule has 0 radical (unpaired) electrons. The zero-order valence-electron chi connectivity index (χ0n) is 12.0. The summed E-state index contributed by atoms with van der Waals surface area (Å²) in [4.78, 5) is 15.0. The van der Waals surface area contributed by atoms with Crippen molar-refractivity contribution in [3.05, 3.63) is 48.3 Å². The lowest BCUT2D eigenvalue weighted by atomic mass is 10.3. The van der Waals surface area contributed by atoms with Crippen LogP contribution in [0.25, 0.3) is 10.2 Å². The average Bonchev–Trinajstić information content (AvgIpc) is 2.90. The minimum atomic E-state index is -1.04. The molecular weight excluding hydrogens is 321 g/mol. The molecule has 1 atom stereocenters. The lowest BCUT2D eigenvalue weighted by molar-refractivity contribution is -0.144. The van der Waals surface area contributed by atoms with Crippen LogP contribution in [0.5, 0.6) is 16.7 Å². The van der Waals surface area contributed by atoms with E-state index in [0.29, 0.717) is 26.9 Å². The van der Waals surface area contributed by atoms with Crippen molar-refractivity contribution in [3.63, 3.8) is 0 Å². The summed E-state index contributed by atoms with van der Waals surface area (Å²) in [5.74, 6) is -0.396. The average molecular weight is 333 g/mol. The van der Waals surface area contributed by atoms with Gasteiger partial charge in [-0.1, -0.05) is 11.3 Å². The molecule has 0 amide bonds. The van der Waals surface area contributed by atoms with E-state index >= 15 is 0 Å². The van der Waals surface area contributed by atoms with Crippen LogP contribution in [0.3, 0.4) is 0 Å². The Morgan fingerprint density at radius 1 is 1.22 bits per heavy atom. The van der Waals surface area contributed by atoms with Crippen LogP contribution in [-0.4, -0.2) is 22.2 Å². The van der Waals surface area contributed by atoms with Gasteiger partial charge in [0.15, 0.2) is 6.10 Å². The number of ether oxygens (including phenoxy) is 2. The standard InChI is InChI=1S/C16H12FNO4S/c1-9(15(19)20)21-11-3-5-12(6-4-11)22-16-18-13-7-2-10(17)8-14(13)23-16/h2-9H,1H3,(H,19,20). The Bertz CT molecular complexity index is 847. The van der Waals surface area contributed by atoms with Gasteiger partial charge in [0.2, 0.25) is 0 Å². The molecule has 5 nitrogen and oxygen atoms in total. The number of carboxylic acid groups (broad SMARTS) is 1. The summed E-state index contributed by atoms with van der Waals surface area (Å²) in [7, 11) is 0. The predicted molar refractivity (Wildman–Crippen MR) is 83.8 cm³/mol. The normalized spacial score (nSPS) is 12.1. The zero-order chi connectivity index (χ0) is 16.4. The molecule has 1 unspecified atom stereocenters. The number of thiazole rings is 1. The first-order valence-corrected chi connectivity index (χ1v) is 7.56. The van der Waals surface area contributed by atoms with Gasteiger partial charge in [0.25, 0.3) is 5.19 Å². The van der Waals surface area contributed by atoms with Gasteiger partial charge in [-0.3, -0.25) is 0 Å². The highest BCUT2D eigenvalue weighted by Crippen LogP contribution is 2.32. The lowest BCUT2D eigenvalue weighted by Gasteiger charge is -2.10. The van der Waals surface area contributed by atoms with Crippen molar-refractivity contribution in [2.24, 2.45) is 0 Å². The van der Waals surface area contributed by atoms with Gasteiger partial charge in [0, 0.05) is 0 Å². The summed E-state index contributed by atoms with van der Waals surface area (Å²) < 4.78 is 24.7. The highest BCUT2D eigenvalue weighted by molar-refractivity contribution is 7.20. The van der Waals surface area contributed by atoms with Crippen molar-refractivity contribution in [1.82, 2.24) is 4.98 Å². The van der Waals surface area contributed by atoms with Gasteiger partial charge in [-0.25, -0.2) is 14.2 Å². The molecule has 2 aromatic carbocycles. The number of hydrogen-bond acceptors (Lipinski definition) is 5. The van der Waals surface area contributed by atoms with Crippen LogP contribution in [-0.2, 0) is 4.79 Å². The fourth-order valence-corrected chi connectivity index (χ4v) is 2.72. The van der Waals surface area contributed by atoms with Crippen molar-refractivity contribution in [2.45, 2.75) is 13.0 Å². The molecule has 0 aliphatic heterocycles. The molecule has 7 heteroatoms. The second-order valence-electron chi connectivity index (χ2n) is 4.76. The molecule has 0 saturated heterocycles. The van der Waals surface area contributed by atoms with Gasteiger partial charge in [-0.05, 0) is 49.4 Å². The number of halogens is 1. The quantitative estimate of drug-likeness (QED) is 0.762. The molecule has 1 N–H and O–H groups in total. The van der Waals surface area contributed by atoms with Crippen LogP contribution < -0.4 is 9.47 Å². The number of carbonyl (C=O) groups is 1. The summed E-state index contributed by atoms with van der Waals surface area (Å²) in [6.07, 6.45) is -0.930. The second kappa shape index (κ2) is 6.21. The molecule has 1 heterocycles. The third kappa shape index (κ3) is 3.57. The molecule has 0 aliphatic carbocycles. The third-order valence-corrected chi connectivity index (χ3v) is 3.92. The molecule has 0 spiro atoms. The van der Waals surface area contributed by atoms with Crippen molar-refractivity contribution < 1.29 is 23.8 Å². The first-order valence-electron chi connectivity index (χ1n) is 6.75. The van der Waals surface area contributed by atoms with Crippen LogP contribution in [0.4, 0.5) is 4.39 Å². The van der Waals surface area contributed by atoms with Gasteiger partial charge in [-0.15, -0.1) is 0 Å². The largest absolute Gasteiger partial charge is 0.479 e. The molecule has 0 bridgehead atoms. The third-order valence-electron chi connectivity index (χ3n) is 3.02. The van der Waals surface area contributed by atoms with Gasteiger partial charge in [-0.2, -0.15) is 0 Å². The van der Waals surface area contributed by atoms with Crippen LogP contribution in [0.1, 0.15) is 6.92 Å². The molecule has 0 saturated carbocycles. The van der Waals surface area contributed by atoms with E-state index in [4.69, 9.17) is 14.6 Å². The monoisotopic (exact) mass is 333 g/mol. The lowest BCUT2D eigenvalue weighted by Crippen LogP contribution is -2.22. The molecule has 1 aromatic heterocycles. The molecular formula is C16H12FNO4S. The van der Waals surface area contributed by atoms with Crippen molar-refractivity contribution in [1.29, 1.82) is 0 Å². The summed E-state index contributed by atoms with van der Waals surface area (Å²) in [5.41, 5.74) is 0.668. The Hall–Kier alpha value is -2.67. The van der Waals surface area contributed by atoms with E-state index in [-0.39, 0.29) is 5.82 Å². The maximum atomic E-state index is 13.2. The molecule has 0 aliphatic rings. The second-order valence-corrected chi connectivity index (χ2v) is 5.76. The highest BCUT2D eigenvalue weighted by atomic mass is 32.1. The molecule has 3 rings (SSSR count). The Labute approximate surface area is 134 Å². The van der Waals surface area contributed by atoms with E-state index in [2.05, 4.69) is 4.98 Å². The maximum absolute atomic E-state index is 13.2. The number of benzene rings is 2. The van der Waals surface area contributed by atoms with Crippen LogP contribution >= 0.6 is 11.3 Å². The van der Waals surface area contributed by atoms with Crippen molar-refractivity contribution in [2.75, 3.05) is 0 Å². The smallest absolute Gasteiger partial charge is 0.344 e. The van der Waals surface area contributed by atoms with Gasteiger partial charge in [0.1, 0.15) is 17.3 Å². The summed E-state index contributed by atoms with van der Waals surface area (Å²) in [5, 5.41) is 9.20. The Kier molecular flexibility index (Phi) is 4.12. The van der Waals surface area contributed by atoms with Crippen LogP contribution in [0, 0.1) is 5.82 Å². The number of hydrogen-bond donors (Lipinski definition) is 1. The first kappa shape index (κ1) is 15.2. The number of nitrogens with zero attached hydrogens (tertiary/aromatic N) is 1. The maximum Gasteiger partial charge on any atom is 0.344 e. The van der Waals surface area contributed by atoms with Crippen LogP contribution in [0.15, 0.2) is 42.5 Å². The molecule has 3 aromatic rings. The number of carboxylic acids is 1. The molecule has 0 fully saturated rings. The zero-order valence-corrected chi connectivity index (χ0v) is 12.8. The molecule has 23 heavy (non-hydrogen) atoms. The summed E-state index contributed by atoms with van der Waals surface area (Å²) in [6.45, 7) is 1.45. The van der Waals surface area contributed by atoms with E-state index in [1.807, 2.05) is 0 Å². The topological polar surface area (TPSA) is 68.7 Å². The minimum absolute atomic E-state index is 0.318. The Morgan fingerprint density at radius 3 is 2.61 bits per heavy atom. The number of rotatable bonds is 5. The van der Waals surface area contributed by atoms with Crippen molar-refractivity contribution in [3.8, 4) is 16.7 Å². The van der Waals surface area contributed by atoms with E-state index in [1.54, 1.807) is 30.3 Å². The van der Waals surface area contributed by atoms with E-state index in [1.165, 1.54) is 30.4 Å². The van der Waals surface area contributed by atoms with E-state index in [9.17, 15) is 9.18 Å². The van der Waals surface area contributed by atoms with E-state index in [0.717, 1.165) is 0 Å². The van der Waals surface area contributed by atoms with Crippen molar-refractivity contribution >= 4 is 27.5 Å². The van der Waals surface area contributed by atoms with E-state index < -0.39 is 12.1 Å². The SMILES string of the molecule is CC(Oc1ccc(Oc2nc3ccc(F)cc3s2)cc1)C(=O)O. The highest BCUT2D eigenvalue weighted by Gasteiger charge is 2.12. The Morgan fingerprint density at radius 2 is 1.91 bits per heavy atom. The van der Waals surface area contributed by atoms with Gasteiger partial charge < -0.3 is 14.6 Å². The summed E-state index contributed by atoms with van der Waals surface area (Å²) >= 11 is 1.24. The number of fused-ring (bicyclic) bond motifs is 1. The fourth-order valence-electron chi connectivity index (χ4n) is 1.86. The fraction of sp³-hybridized carbons (Fsp3) is 0.125. The van der Waals surface area contributed by atoms with Gasteiger partial charge in [0.05, 0.1) is 10.2 Å². The molecule has 118 valence electrons. The van der Waals surface area contributed by atoms with Gasteiger partial charge >= 0.3 is 5.97 Å². The minimum Gasteiger partial charge on any atom is -0.479 e. The first-order chi connectivity index (χ1) is 11.0. The summed E-state index contributed by atoms with van der Waals surface area (Å²) in [6, 6.07) is 10.9. The van der Waals surface area contributed by atoms with Crippen LogP contribution in [0.2, 0.25) is 0 Å². The number of aromatic nitrogens is 1.